The minimum atomic E-state index is 0.897. The van der Waals surface area contributed by atoms with Crippen molar-refractivity contribution in [2.24, 2.45) is 0 Å². The molecule has 112 valence electrons. The Labute approximate surface area is 136 Å². The molecule has 0 unspecified atom stereocenters. The third kappa shape index (κ3) is 1.38. The molecule has 0 aliphatic carbocycles. The van der Waals surface area contributed by atoms with E-state index in [1.807, 2.05) is 49.1 Å². The van der Waals surface area contributed by atoms with Crippen LogP contribution in [0.4, 0.5) is 0 Å². The molecule has 0 amide bonds. The lowest BCUT2D eigenvalue weighted by Gasteiger charge is -2.07. The summed E-state index contributed by atoms with van der Waals surface area (Å²) in [5, 5.41) is 5.56. The quantitative estimate of drug-likeness (QED) is 0.373. The van der Waals surface area contributed by atoms with Crippen molar-refractivity contribution in [3.05, 3.63) is 67.3 Å². The topological polar surface area (TPSA) is 43.3 Å². The third-order valence-electron chi connectivity index (χ3n) is 4.75. The lowest BCUT2D eigenvalue weighted by atomic mass is 10.1. The molecule has 0 N–H and O–H groups in total. The van der Waals surface area contributed by atoms with E-state index in [0.29, 0.717) is 0 Å². The number of aromatic nitrogens is 3. The summed E-state index contributed by atoms with van der Waals surface area (Å²) in [5.41, 5.74) is 3.87. The van der Waals surface area contributed by atoms with Gasteiger partial charge in [0.2, 0.25) is 0 Å². The predicted octanol–water partition coefficient (Wildman–Crippen LogP) is 4.94. The van der Waals surface area contributed by atoms with Crippen molar-refractivity contribution in [2.75, 3.05) is 0 Å². The molecule has 0 aliphatic heterocycles. The lowest BCUT2D eigenvalue weighted by Crippen LogP contribution is -1.91. The first-order valence-electron chi connectivity index (χ1n) is 7.84. The van der Waals surface area contributed by atoms with Crippen LogP contribution in [0.2, 0.25) is 0 Å². The molecule has 0 fully saturated rings. The average molecular weight is 309 g/mol. The van der Waals surface area contributed by atoms with E-state index in [1.165, 1.54) is 0 Å². The summed E-state index contributed by atoms with van der Waals surface area (Å²) in [6.45, 7) is 0. The number of imidazole rings is 1. The highest BCUT2D eigenvalue weighted by molar-refractivity contribution is 6.17. The van der Waals surface area contributed by atoms with Crippen LogP contribution < -0.4 is 0 Å². The van der Waals surface area contributed by atoms with Crippen molar-refractivity contribution >= 4 is 49.3 Å². The van der Waals surface area contributed by atoms with Crippen LogP contribution in [0.3, 0.4) is 0 Å². The highest BCUT2D eigenvalue weighted by Crippen LogP contribution is 2.35. The molecule has 0 saturated carbocycles. The molecule has 0 radical (unpaired) electrons. The largest absolute Gasteiger partial charge is 0.456 e. The van der Waals surface area contributed by atoms with Crippen LogP contribution >= 0.6 is 0 Å². The number of fused-ring (bicyclic) bond motifs is 9. The Morgan fingerprint density at radius 2 is 1.75 bits per heavy atom. The van der Waals surface area contributed by atoms with E-state index < -0.39 is 0 Å². The number of benzene rings is 2. The van der Waals surface area contributed by atoms with Crippen LogP contribution in [-0.4, -0.2) is 14.4 Å². The van der Waals surface area contributed by atoms with E-state index in [1.54, 1.807) is 0 Å². The van der Waals surface area contributed by atoms with Crippen molar-refractivity contribution in [3.63, 3.8) is 0 Å². The van der Waals surface area contributed by atoms with Gasteiger partial charge in [-0.3, -0.25) is 9.38 Å². The van der Waals surface area contributed by atoms with Crippen LogP contribution in [0.15, 0.2) is 71.7 Å². The first-order chi connectivity index (χ1) is 11.9. The van der Waals surface area contributed by atoms with Gasteiger partial charge in [-0.15, -0.1) is 0 Å². The van der Waals surface area contributed by atoms with Crippen molar-refractivity contribution in [3.8, 4) is 0 Å². The fourth-order valence-electron chi connectivity index (χ4n) is 3.68. The monoisotopic (exact) mass is 309 g/mol. The second-order valence-electron chi connectivity index (χ2n) is 6.01. The van der Waals surface area contributed by atoms with Gasteiger partial charge in [0.05, 0.1) is 5.52 Å². The van der Waals surface area contributed by atoms with Gasteiger partial charge in [-0.2, -0.15) is 0 Å². The van der Waals surface area contributed by atoms with E-state index in [9.17, 15) is 0 Å². The molecule has 0 spiro atoms. The van der Waals surface area contributed by atoms with Gasteiger partial charge in [-0.1, -0.05) is 18.2 Å². The van der Waals surface area contributed by atoms with E-state index in [2.05, 4.69) is 32.6 Å². The predicted molar refractivity (Wildman–Crippen MR) is 95.3 cm³/mol. The normalized spacial score (nSPS) is 12.2. The summed E-state index contributed by atoms with van der Waals surface area (Å²) < 4.78 is 8.20. The molecule has 6 rings (SSSR count). The first-order valence-corrected chi connectivity index (χ1v) is 7.84. The number of hydrogen-bond donors (Lipinski definition) is 0. The Hall–Kier alpha value is -3.40. The second-order valence-corrected chi connectivity index (χ2v) is 6.01. The zero-order valence-electron chi connectivity index (χ0n) is 12.6. The first kappa shape index (κ1) is 12.1. The molecule has 0 atom stereocenters. The fraction of sp³-hybridized carbons (Fsp3) is 0. The second kappa shape index (κ2) is 4.11. The Kier molecular flexibility index (Phi) is 2.07. The molecule has 4 heteroatoms. The number of furan rings is 1. The summed E-state index contributed by atoms with van der Waals surface area (Å²) in [7, 11) is 0. The minimum Gasteiger partial charge on any atom is -0.456 e. The van der Waals surface area contributed by atoms with E-state index in [0.717, 1.165) is 49.3 Å². The molecule has 4 nitrogen and oxygen atoms in total. The van der Waals surface area contributed by atoms with Crippen LogP contribution in [-0.2, 0) is 0 Å². The van der Waals surface area contributed by atoms with Gasteiger partial charge in [0, 0.05) is 51.7 Å². The van der Waals surface area contributed by atoms with Crippen molar-refractivity contribution in [1.82, 2.24) is 14.4 Å². The number of pyridine rings is 2. The lowest BCUT2D eigenvalue weighted by molar-refractivity contribution is 0.669. The Morgan fingerprint density at radius 3 is 2.75 bits per heavy atom. The minimum absolute atomic E-state index is 0.897. The molecule has 24 heavy (non-hydrogen) atoms. The summed E-state index contributed by atoms with van der Waals surface area (Å²) in [5.74, 6) is 0. The van der Waals surface area contributed by atoms with Gasteiger partial charge in [0.25, 0.3) is 0 Å². The van der Waals surface area contributed by atoms with E-state index >= 15 is 0 Å². The average Bonchev–Trinajstić information content (AvgIpc) is 3.25. The Bertz CT molecular complexity index is 1410. The Balaban J connectivity index is 1.97. The van der Waals surface area contributed by atoms with Crippen LogP contribution in [0.5, 0.6) is 0 Å². The van der Waals surface area contributed by atoms with E-state index in [4.69, 9.17) is 4.42 Å². The zero-order valence-corrected chi connectivity index (χ0v) is 12.6. The highest BCUT2D eigenvalue weighted by Gasteiger charge is 2.13. The summed E-state index contributed by atoms with van der Waals surface area (Å²) in [6, 6.07) is 14.5. The summed E-state index contributed by atoms with van der Waals surface area (Å²) in [4.78, 5) is 8.85. The number of para-hydroxylation sites is 1. The zero-order chi connectivity index (χ0) is 15.7. The van der Waals surface area contributed by atoms with Crippen LogP contribution in [0.1, 0.15) is 0 Å². The van der Waals surface area contributed by atoms with Gasteiger partial charge in [-0.05, 0) is 24.3 Å². The maximum Gasteiger partial charge on any atom is 0.145 e. The standard InChI is InChI=1S/C20H11N3O/c1-2-4-18-12(3-1)15-9-17-14(10-19(15)24-18)16-11-21-6-5-13(16)20-22-7-8-23(17)20/h1-11H. The number of rotatable bonds is 0. The van der Waals surface area contributed by atoms with Gasteiger partial charge in [-0.25, -0.2) is 4.98 Å². The van der Waals surface area contributed by atoms with Gasteiger partial charge in [0.15, 0.2) is 0 Å². The smallest absolute Gasteiger partial charge is 0.145 e. The van der Waals surface area contributed by atoms with Crippen LogP contribution in [0, 0.1) is 0 Å². The maximum absolute atomic E-state index is 6.06. The van der Waals surface area contributed by atoms with Crippen molar-refractivity contribution in [1.29, 1.82) is 0 Å². The Morgan fingerprint density at radius 1 is 0.792 bits per heavy atom. The number of hydrogen-bond acceptors (Lipinski definition) is 3. The summed E-state index contributed by atoms with van der Waals surface area (Å²) >= 11 is 0. The molecule has 4 aromatic heterocycles. The molecular weight excluding hydrogens is 298 g/mol. The third-order valence-corrected chi connectivity index (χ3v) is 4.75. The van der Waals surface area contributed by atoms with Crippen LogP contribution in [0.25, 0.3) is 49.3 Å². The van der Waals surface area contributed by atoms with E-state index in [-0.39, 0.29) is 0 Å². The molecule has 6 aromatic rings. The molecular formula is C20H11N3O. The summed E-state index contributed by atoms with van der Waals surface area (Å²) in [6.07, 6.45) is 7.56. The van der Waals surface area contributed by atoms with Gasteiger partial charge >= 0.3 is 0 Å². The van der Waals surface area contributed by atoms with Crippen molar-refractivity contribution in [2.45, 2.75) is 0 Å². The fourth-order valence-corrected chi connectivity index (χ4v) is 3.68. The highest BCUT2D eigenvalue weighted by atomic mass is 16.3. The van der Waals surface area contributed by atoms with Gasteiger partial charge in [0.1, 0.15) is 16.8 Å². The molecule has 0 aliphatic rings. The number of nitrogens with zero attached hydrogens (tertiary/aromatic N) is 3. The molecule has 0 bridgehead atoms. The maximum atomic E-state index is 6.06. The molecule has 2 aromatic carbocycles. The van der Waals surface area contributed by atoms with Crippen molar-refractivity contribution < 1.29 is 4.42 Å². The molecule has 4 heterocycles. The molecule has 0 saturated heterocycles. The van der Waals surface area contributed by atoms with Gasteiger partial charge < -0.3 is 4.42 Å². The SMILES string of the molecule is c1ccc2c(c1)oc1cc3c4cnccc4c4nccn4c3cc12.